The van der Waals surface area contributed by atoms with E-state index in [-0.39, 0.29) is 22.6 Å². The fourth-order valence-electron chi connectivity index (χ4n) is 4.11. The Morgan fingerprint density at radius 3 is 2.31 bits per heavy atom. The molecular formula is C27H31N3O6. The molecule has 2 aliphatic rings. The molecule has 0 spiro atoms. The van der Waals surface area contributed by atoms with Gasteiger partial charge in [-0.25, -0.2) is 4.79 Å². The first-order valence-corrected chi connectivity index (χ1v) is 12.2. The van der Waals surface area contributed by atoms with E-state index in [1.165, 1.54) is 30.0 Å². The van der Waals surface area contributed by atoms with Crippen molar-refractivity contribution < 1.29 is 28.7 Å². The SMILES string of the molecule is CC(C)CCN1C(=O)c2ccc(C(=O)OC(C)C(=O)Nc3ccc(N4CCOCC4)cc3)cc2C1=O. The monoisotopic (exact) mass is 493 g/mol. The lowest BCUT2D eigenvalue weighted by molar-refractivity contribution is -0.123. The summed E-state index contributed by atoms with van der Waals surface area (Å²) in [6, 6.07) is 11.7. The fourth-order valence-corrected chi connectivity index (χ4v) is 4.11. The second-order valence-corrected chi connectivity index (χ2v) is 9.39. The van der Waals surface area contributed by atoms with Crippen molar-refractivity contribution in [1.82, 2.24) is 4.90 Å². The van der Waals surface area contributed by atoms with E-state index in [4.69, 9.17) is 9.47 Å². The van der Waals surface area contributed by atoms with Gasteiger partial charge >= 0.3 is 5.97 Å². The first-order chi connectivity index (χ1) is 17.2. The Hall–Kier alpha value is -3.72. The van der Waals surface area contributed by atoms with Crippen molar-refractivity contribution in [2.45, 2.75) is 33.3 Å². The number of nitrogens with zero attached hydrogens (tertiary/aromatic N) is 2. The van der Waals surface area contributed by atoms with Gasteiger partial charge in [-0.15, -0.1) is 0 Å². The minimum absolute atomic E-state index is 0.107. The first kappa shape index (κ1) is 25.4. The topological polar surface area (TPSA) is 105 Å². The van der Waals surface area contributed by atoms with Crippen molar-refractivity contribution in [2.75, 3.05) is 43.1 Å². The van der Waals surface area contributed by atoms with Crippen molar-refractivity contribution in [3.05, 3.63) is 59.2 Å². The van der Waals surface area contributed by atoms with Crippen LogP contribution in [0.5, 0.6) is 0 Å². The summed E-state index contributed by atoms with van der Waals surface area (Å²) in [6.07, 6.45) is -0.368. The zero-order chi connectivity index (χ0) is 25.8. The predicted octanol–water partition coefficient (Wildman–Crippen LogP) is 3.35. The van der Waals surface area contributed by atoms with Gasteiger partial charge in [0.1, 0.15) is 0 Å². The Morgan fingerprint density at radius 1 is 0.972 bits per heavy atom. The second-order valence-electron chi connectivity index (χ2n) is 9.39. The number of morpholine rings is 1. The van der Waals surface area contributed by atoms with Crippen LogP contribution < -0.4 is 10.2 Å². The Bertz CT molecular complexity index is 1150. The molecule has 1 N–H and O–H groups in total. The van der Waals surface area contributed by atoms with Gasteiger partial charge in [0.15, 0.2) is 6.10 Å². The van der Waals surface area contributed by atoms with E-state index in [1.807, 2.05) is 26.0 Å². The molecular weight excluding hydrogens is 462 g/mol. The van der Waals surface area contributed by atoms with Crippen LogP contribution in [0.3, 0.4) is 0 Å². The number of anilines is 2. The third-order valence-corrected chi connectivity index (χ3v) is 6.30. The second kappa shape index (κ2) is 10.9. The molecule has 4 rings (SSSR count). The van der Waals surface area contributed by atoms with Gasteiger partial charge in [0.05, 0.1) is 29.9 Å². The highest BCUT2D eigenvalue weighted by Crippen LogP contribution is 2.25. The van der Waals surface area contributed by atoms with Crippen LogP contribution in [0.15, 0.2) is 42.5 Å². The molecule has 3 amide bonds. The lowest BCUT2D eigenvalue weighted by atomic mass is 10.1. The number of benzene rings is 2. The highest BCUT2D eigenvalue weighted by molar-refractivity contribution is 6.22. The van der Waals surface area contributed by atoms with Crippen LogP contribution in [0, 0.1) is 5.92 Å². The van der Waals surface area contributed by atoms with Crippen molar-refractivity contribution in [3.8, 4) is 0 Å². The number of fused-ring (bicyclic) bond motifs is 1. The molecule has 1 unspecified atom stereocenters. The average Bonchev–Trinajstić information content (AvgIpc) is 3.12. The number of ether oxygens (including phenoxy) is 2. The van der Waals surface area contributed by atoms with Crippen molar-refractivity contribution in [1.29, 1.82) is 0 Å². The third kappa shape index (κ3) is 5.57. The molecule has 2 aromatic carbocycles. The molecule has 9 nitrogen and oxygen atoms in total. The van der Waals surface area contributed by atoms with Gasteiger partial charge in [-0.1, -0.05) is 13.8 Å². The molecule has 2 aromatic rings. The molecule has 2 heterocycles. The molecule has 0 saturated carbocycles. The van der Waals surface area contributed by atoms with Gasteiger partial charge < -0.3 is 19.7 Å². The van der Waals surface area contributed by atoms with Crippen LogP contribution in [0.1, 0.15) is 58.3 Å². The summed E-state index contributed by atoms with van der Waals surface area (Å²) < 4.78 is 10.7. The smallest absolute Gasteiger partial charge is 0.338 e. The summed E-state index contributed by atoms with van der Waals surface area (Å²) in [5, 5.41) is 2.75. The highest BCUT2D eigenvalue weighted by atomic mass is 16.5. The Morgan fingerprint density at radius 2 is 1.64 bits per heavy atom. The Kier molecular flexibility index (Phi) is 7.69. The summed E-state index contributed by atoms with van der Waals surface area (Å²) in [7, 11) is 0. The third-order valence-electron chi connectivity index (χ3n) is 6.30. The Balaban J connectivity index is 1.35. The summed E-state index contributed by atoms with van der Waals surface area (Å²) in [5.74, 6) is -1.66. The number of amides is 3. The maximum Gasteiger partial charge on any atom is 0.338 e. The molecule has 9 heteroatoms. The number of imide groups is 1. The van der Waals surface area contributed by atoms with E-state index in [0.717, 1.165) is 18.8 Å². The number of carbonyl (C=O) groups excluding carboxylic acids is 4. The normalized spacial score (nSPS) is 16.2. The van der Waals surface area contributed by atoms with Crippen LogP contribution in [0.25, 0.3) is 0 Å². The number of esters is 1. The molecule has 0 bridgehead atoms. The largest absolute Gasteiger partial charge is 0.449 e. The maximum absolute atomic E-state index is 12.7. The van der Waals surface area contributed by atoms with E-state index >= 15 is 0 Å². The molecule has 1 saturated heterocycles. The molecule has 190 valence electrons. The number of carbonyl (C=O) groups is 4. The van der Waals surface area contributed by atoms with E-state index in [9.17, 15) is 19.2 Å². The molecule has 0 radical (unpaired) electrons. The molecule has 2 aliphatic heterocycles. The van der Waals surface area contributed by atoms with Gasteiger partial charge in [0.25, 0.3) is 17.7 Å². The van der Waals surface area contributed by atoms with Gasteiger partial charge in [-0.3, -0.25) is 19.3 Å². The van der Waals surface area contributed by atoms with Gasteiger partial charge in [0, 0.05) is 31.0 Å². The summed E-state index contributed by atoms with van der Waals surface area (Å²) >= 11 is 0. The lowest BCUT2D eigenvalue weighted by Crippen LogP contribution is -2.36. The number of nitrogens with one attached hydrogen (secondary N) is 1. The number of hydrogen-bond acceptors (Lipinski definition) is 7. The van der Waals surface area contributed by atoms with Gasteiger partial charge in [0.2, 0.25) is 0 Å². The molecule has 36 heavy (non-hydrogen) atoms. The summed E-state index contributed by atoms with van der Waals surface area (Å²) in [6.45, 7) is 8.85. The zero-order valence-electron chi connectivity index (χ0n) is 20.8. The van der Waals surface area contributed by atoms with Crippen molar-refractivity contribution >= 4 is 35.1 Å². The first-order valence-electron chi connectivity index (χ1n) is 12.2. The minimum Gasteiger partial charge on any atom is -0.449 e. The quantitative estimate of drug-likeness (QED) is 0.444. The van der Waals surface area contributed by atoms with E-state index in [0.29, 0.717) is 37.8 Å². The standard InChI is InChI=1S/C27H31N3O6/c1-17(2)10-11-30-25(32)22-9-4-19(16-23(22)26(30)33)27(34)36-18(3)24(31)28-20-5-7-21(8-6-20)29-12-14-35-15-13-29/h4-9,16-18H,10-15H2,1-3H3,(H,28,31). The van der Waals surface area contributed by atoms with E-state index in [2.05, 4.69) is 10.2 Å². The Labute approximate surface area is 210 Å². The summed E-state index contributed by atoms with van der Waals surface area (Å²) in [5.41, 5.74) is 2.18. The molecule has 1 atom stereocenters. The fraction of sp³-hybridized carbons (Fsp3) is 0.407. The van der Waals surface area contributed by atoms with Gasteiger partial charge in [-0.05, 0) is 61.7 Å². The van der Waals surface area contributed by atoms with Crippen molar-refractivity contribution in [3.63, 3.8) is 0 Å². The molecule has 0 aromatic heterocycles. The predicted molar refractivity (Wildman–Crippen MR) is 134 cm³/mol. The number of rotatable bonds is 8. The van der Waals surface area contributed by atoms with Crippen LogP contribution in [-0.4, -0.2) is 67.5 Å². The minimum atomic E-state index is -1.07. The molecule has 0 aliphatic carbocycles. The van der Waals surface area contributed by atoms with Crippen LogP contribution >= 0.6 is 0 Å². The maximum atomic E-state index is 12.7. The average molecular weight is 494 g/mol. The van der Waals surface area contributed by atoms with E-state index in [1.54, 1.807) is 12.1 Å². The molecule has 1 fully saturated rings. The van der Waals surface area contributed by atoms with Crippen LogP contribution in [0.4, 0.5) is 11.4 Å². The van der Waals surface area contributed by atoms with Crippen molar-refractivity contribution in [2.24, 2.45) is 5.92 Å². The zero-order valence-corrected chi connectivity index (χ0v) is 20.8. The highest BCUT2D eigenvalue weighted by Gasteiger charge is 2.36. The lowest BCUT2D eigenvalue weighted by Gasteiger charge is -2.28. The summed E-state index contributed by atoms with van der Waals surface area (Å²) in [4.78, 5) is 54.0. The van der Waals surface area contributed by atoms with Crippen LogP contribution in [0.2, 0.25) is 0 Å². The van der Waals surface area contributed by atoms with E-state index < -0.39 is 23.9 Å². The van der Waals surface area contributed by atoms with Gasteiger partial charge in [-0.2, -0.15) is 0 Å². The van der Waals surface area contributed by atoms with Crippen LogP contribution in [-0.2, 0) is 14.3 Å². The number of hydrogen-bond donors (Lipinski definition) is 1.